The van der Waals surface area contributed by atoms with Gasteiger partial charge in [-0.25, -0.2) is 0 Å². The lowest BCUT2D eigenvalue weighted by molar-refractivity contribution is 0.0623. The minimum absolute atomic E-state index is 0. The molecule has 5 nitrogen and oxygen atoms in total. The second-order valence-electron chi connectivity index (χ2n) is 6.97. The van der Waals surface area contributed by atoms with Crippen molar-refractivity contribution in [2.24, 2.45) is 5.73 Å². The Morgan fingerprint density at radius 1 is 1.25 bits per heavy atom. The van der Waals surface area contributed by atoms with E-state index in [1.165, 1.54) is 0 Å². The Morgan fingerprint density at radius 2 is 1.96 bits per heavy atom. The fourth-order valence-corrected chi connectivity index (χ4v) is 3.62. The van der Waals surface area contributed by atoms with E-state index in [4.69, 9.17) is 10.5 Å². The fraction of sp³-hybridized carbons (Fsp3) is 0.429. The van der Waals surface area contributed by atoms with Crippen LogP contribution in [0.1, 0.15) is 46.3 Å². The van der Waals surface area contributed by atoms with Crippen LogP contribution in [-0.4, -0.2) is 34.9 Å². The number of halogens is 2. The lowest BCUT2D eigenvalue weighted by Crippen LogP contribution is -2.47. The number of rotatable bonds is 5. The van der Waals surface area contributed by atoms with Crippen molar-refractivity contribution in [1.29, 1.82) is 0 Å². The molecule has 0 radical (unpaired) electrons. The number of hydrogen-bond donors (Lipinski definition) is 1. The summed E-state index contributed by atoms with van der Waals surface area (Å²) in [5.41, 5.74) is 9.55. The third-order valence-electron chi connectivity index (χ3n) is 4.97. The van der Waals surface area contributed by atoms with Crippen LogP contribution in [0.3, 0.4) is 0 Å². The number of aromatic nitrogens is 1. The Bertz CT molecular complexity index is 748. The Balaban J connectivity index is 0.00000196. The van der Waals surface area contributed by atoms with E-state index in [0.29, 0.717) is 18.7 Å². The topological polar surface area (TPSA) is 68.5 Å². The summed E-state index contributed by atoms with van der Waals surface area (Å²) in [4.78, 5) is 19.0. The van der Waals surface area contributed by atoms with E-state index in [9.17, 15) is 4.79 Å². The molecule has 0 spiro atoms. The minimum Gasteiger partial charge on any atom is -0.488 e. The van der Waals surface area contributed by atoms with Crippen LogP contribution in [0.2, 0.25) is 0 Å². The maximum absolute atomic E-state index is 13.0. The molecule has 0 bridgehead atoms. The van der Waals surface area contributed by atoms with Gasteiger partial charge in [-0.1, -0.05) is 6.07 Å². The van der Waals surface area contributed by atoms with Crippen molar-refractivity contribution in [3.8, 4) is 5.75 Å². The molecule has 1 aromatic carbocycles. The van der Waals surface area contributed by atoms with Gasteiger partial charge in [0, 0.05) is 42.7 Å². The predicted octanol–water partition coefficient (Wildman–Crippen LogP) is 4.07. The van der Waals surface area contributed by atoms with Crippen LogP contribution >= 0.6 is 24.8 Å². The van der Waals surface area contributed by atoms with Gasteiger partial charge in [0.05, 0.1) is 0 Å². The van der Waals surface area contributed by atoms with Crippen molar-refractivity contribution in [3.63, 3.8) is 0 Å². The number of ether oxygens (including phenoxy) is 1. The summed E-state index contributed by atoms with van der Waals surface area (Å²) < 4.78 is 5.99. The maximum Gasteiger partial charge on any atom is 0.254 e. The summed E-state index contributed by atoms with van der Waals surface area (Å²) in [5, 5.41) is 0. The highest BCUT2D eigenvalue weighted by molar-refractivity contribution is 5.95. The monoisotopic (exact) mass is 425 g/mol. The van der Waals surface area contributed by atoms with E-state index in [2.05, 4.69) is 4.98 Å². The number of benzene rings is 1. The largest absolute Gasteiger partial charge is 0.488 e. The normalized spacial score (nSPS) is 16.0. The molecule has 2 aromatic rings. The summed E-state index contributed by atoms with van der Waals surface area (Å²) in [6.45, 7) is 5.75. The molecule has 1 aliphatic heterocycles. The fourth-order valence-electron chi connectivity index (χ4n) is 3.62. The smallest absolute Gasteiger partial charge is 0.254 e. The molecular weight excluding hydrogens is 397 g/mol. The lowest BCUT2D eigenvalue weighted by Gasteiger charge is -2.35. The van der Waals surface area contributed by atoms with Gasteiger partial charge in [-0.05, 0) is 62.4 Å². The predicted molar refractivity (Wildman–Crippen MR) is 117 cm³/mol. The maximum atomic E-state index is 13.0. The van der Waals surface area contributed by atoms with Gasteiger partial charge in [0.25, 0.3) is 5.91 Å². The molecule has 1 saturated heterocycles. The number of aryl methyl sites for hydroxylation is 2. The number of carbonyl (C=O) groups excluding carboxylic acids is 1. The highest BCUT2D eigenvalue weighted by Crippen LogP contribution is 2.27. The zero-order valence-corrected chi connectivity index (χ0v) is 18.0. The molecular formula is C21H29Cl2N3O2. The SMILES string of the molecule is Cc1cc(C(=O)N2CCCCC2CN)cc(C)c1OCc1cccnc1.Cl.Cl. The third-order valence-corrected chi connectivity index (χ3v) is 4.97. The summed E-state index contributed by atoms with van der Waals surface area (Å²) in [7, 11) is 0. The Morgan fingerprint density at radius 3 is 2.57 bits per heavy atom. The molecule has 28 heavy (non-hydrogen) atoms. The number of nitrogens with zero attached hydrogens (tertiary/aromatic N) is 2. The van der Waals surface area contributed by atoms with Gasteiger partial charge in [0.1, 0.15) is 12.4 Å². The first-order valence-electron chi connectivity index (χ1n) is 9.24. The number of hydrogen-bond acceptors (Lipinski definition) is 4. The van der Waals surface area contributed by atoms with Crippen LogP contribution < -0.4 is 10.5 Å². The summed E-state index contributed by atoms with van der Waals surface area (Å²) >= 11 is 0. The molecule has 154 valence electrons. The molecule has 0 saturated carbocycles. The zero-order chi connectivity index (χ0) is 18.5. The first-order valence-corrected chi connectivity index (χ1v) is 9.24. The van der Waals surface area contributed by atoms with Crippen LogP contribution in [0.5, 0.6) is 5.75 Å². The molecule has 1 atom stereocenters. The van der Waals surface area contributed by atoms with E-state index in [1.807, 2.05) is 43.0 Å². The van der Waals surface area contributed by atoms with Crippen molar-refractivity contribution in [2.75, 3.05) is 13.1 Å². The molecule has 1 unspecified atom stereocenters. The van der Waals surface area contributed by atoms with E-state index < -0.39 is 0 Å². The van der Waals surface area contributed by atoms with Gasteiger partial charge in [-0.3, -0.25) is 9.78 Å². The van der Waals surface area contributed by atoms with Crippen LogP contribution in [0.15, 0.2) is 36.7 Å². The molecule has 1 amide bonds. The number of likely N-dealkylation sites (tertiary alicyclic amines) is 1. The summed E-state index contributed by atoms with van der Waals surface area (Å²) in [6, 6.07) is 7.89. The molecule has 1 aliphatic rings. The van der Waals surface area contributed by atoms with Crippen molar-refractivity contribution >= 4 is 30.7 Å². The highest BCUT2D eigenvalue weighted by Gasteiger charge is 2.27. The average molecular weight is 426 g/mol. The average Bonchev–Trinajstić information content (AvgIpc) is 2.67. The number of amides is 1. The van der Waals surface area contributed by atoms with Gasteiger partial charge in [-0.2, -0.15) is 0 Å². The number of piperidine rings is 1. The van der Waals surface area contributed by atoms with Crippen LogP contribution in [0, 0.1) is 13.8 Å². The van der Waals surface area contributed by atoms with Gasteiger partial charge >= 0.3 is 0 Å². The molecule has 3 rings (SSSR count). The lowest BCUT2D eigenvalue weighted by atomic mass is 9.99. The van der Waals surface area contributed by atoms with Crippen molar-refractivity contribution in [1.82, 2.24) is 9.88 Å². The van der Waals surface area contributed by atoms with Crippen molar-refractivity contribution < 1.29 is 9.53 Å². The van der Waals surface area contributed by atoms with E-state index in [1.54, 1.807) is 12.4 Å². The molecule has 0 aliphatic carbocycles. The first-order chi connectivity index (χ1) is 12.6. The quantitative estimate of drug-likeness (QED) is 0.783. The molecule has 2 N–H and O–H groups in total. The van der Waals surface area contributed by atoms with Crippen molar-refractivity contribution in [3.05, 3.63) is 58.9 Å². The van der Waals surface area contributed by atoms with Crippen molar-refractivity contribution in [2.45, 2.75) is 45.8 Å². The Hall–Kier alpha value is -1.82. The molecule has 1 fully saturated rings. The second-order valence-corrected chi connectivity index (χ2v) is 6.97. The standard InChI is InChI=1S/C21H27N3O2.2ClH/c1-15-10-18(21(25)24-9-4-3-7-19(24)12-22)11-16(2)20(15)26-14-17-6-5-8-23-13-17;;/h5-6,8,10-11,13,19H,3-4,7,9,12,14,22H2,1-2H3;2*1H. The zero-order valence-electron chi connectivity index (χ0n) is 16.4. The highest BCUT2D eigenvalue weighted by atomic mass is 35.5. The van der Waals surface area contributed by atoms with Crippen LogP contribution in [0.25, 0.3) is 0 Å². The molecule has 2 heterocycles. The first kappa shape index (κ1) is 24.2. The summed E-state index contributed by atoms with van der Waals surface area (Å²) in [6.07, 6.45) is 6.73. The second kappa shape index (κ2) is 11.2. The van der Waals surface area contributed by atoms with Gasteiger partial charge in [0.2, 0.25) is 0 Å². The van der Waals surface area contributed by atoms with Crippen LogP contribution in [0.4, 0.5) is 0 Å². The summed E-state index contributed by atoms with van der Waals surface area (Å²) in [5.74, 6) is 0.907. The minimum atomic E-state index is 0. The van der Waals surface area contributed by atoms with Gasteiger partial charge in [0.15, 0.2) is 0 Å². The van der Waals surface area contributed by atoms with Gasteiger partial charge in [-0.15, -0.1) is 24.8 Å². The van der Waals surface area contributed by atoms with Gasteiger partial charge < -0.3 is 15.4 Å². The number of pyridine rings is 1. The number of nitrogens with two attached hydrogens (primary N) is 1. The Kier molecular flexibility index (Phi) is 9.73. The Labute approximate surface area is 179 Å². The van der Waals surface area contributed by atoms with E-state index in [-0.39, 0.29) is 36.8 Å². The molecule has 7 heteroatoms. The number of carbonyl (C=O) groups is 1. The molecule has 1 aromatic heterocycles. The van der Waals surface area contributed by atoms with Crippen LogP contribution in [-0.2, 0) is 6.61 Å². The van der Waals surface area contributed by atoms with E-state index >= 15 is 0 Å². The third kappa shape index (κ3) is 5.60. The van der Waals surface area contributed by atoms with E-state index in [0.717, 1.165) is 48.2 Å².